The molecule has 3 N–H and O–H groups in total. The van der Waals surface area contributed by atoms with Crippen LogP contribution in [0.3, 0.4) is 0 Å². The van der Waals surface area contributed by atoms with E-state index in [0.717, 1.165) is 24.8 Å². The van der Waals surface area contributed by atoms with E-state index in [1.807, 2.05) is 0 Å². The highest BCUT2D eigenvalue weighted by molar-refractivity contribution is 5.82. The summed E-state index contributed by atoms with van der Waals surface area (Å²) in [7, 11) is 0. The van der Waals surface area contributed by atoms with Crippen LogP contribution in [0.25, 0.3) is 0 Å². The number of unbranched alkanes of at least 4 members (excludes halogenated alkanes) is 3. The molecule has 0 spiro atoms. The number of hydrazone groups is 1. The molecular weight excluding hydrogens is 312 g/mol. The van der Waals surface area contributed by atoms with E-state index < -0.39 is 5.97 Å². The molecule has 0 bridgehead atoms. The van der Waals surface area contributed by atoms with Crippen LogP contribution in [-0.4, -0.2) is 41.5 Å². The summed E-state index contributed by atoms with van der Waals surface area (Å²) < 4.78 is 5.24. The molecule has 0 aromatic heterocycles. The Morgan fingerprint density at radius 3 is 2.38 bits per heavy atom. The molecule has 0 aliphatic rings. The highest BCUT2D eigenvalue weighted by Gasteiger charge is 2.01. The number of aliphatic hydroxyl groups excluding tert-OH is 1. The molecule has 7 nitrogen and oxygen atoms in total. The number of benzene rings is 1. The second-order valence-corrected chi connectivity index (χ2v) is 5.24. The van der Waals surface area contributed by atoms with E-state index in [0.29, 0.717) is 18.6 Å². The van der Waals surface area contributed by atoms with Crippen molar-refractivity contribution in [3.05, 3.63) is 29.8 Å². The maximum absolute atomic E-state index is 11.6. The van der Waals surface area contributed by atoms with Gasteiger partial charge in [0.2, 0.25) is 5.91 Å². The number of carbonyl (C=O) groups excluding carboxylic acids is 1. The van der Waals surface area contributed by atoms with E-state index in [1.54, 1.807) is 30.5 Å². The molecule has 0 saturated heterocycles. The van der Waals surface area contributed by atoms with Crippen molar-refractivity contribution >= 4 is 18.1 Å². The first-order valence-electron chi connectivity index (χ1n) is 7.99. The summed E-state index contributed by atoms with van der Waals surface area (Å²) >= 11 is 0. The minimum atomic E-state index is -0.782. The molecule has 1 aromatic carbocycles. The molecule has 0 unspecified atom stereocenters. The van der Waals surface area contributed by atoms with Crippen molar-refractivity contribution in [3.63, 3.8) is 0 Å². The van der Waals surface area contributed by atoms with Gasteiger partial charge in [0, 0.05) is 12.8 Å². The highest BCUT2D eigenvalue weighted by Crippen LogP contribution is 2.10. The summed E-state index contributed by atoms with van der Waals surface area (Å²) in [5.74, 6) is -0.282. The van der Waals surface area contributed by atoms with E-state index in [1.165, 1.54) is 0 Å². The van der Waals surface area contributed by atoms with E-state index in [9.17, 15) is 9.59 Å². The van der Waals surface area contributed by atoms with E-state index in [2.05, 4.69) is 10.5 Å². The van der Waals surface area contributed by atoms with Gasteiger partial charge in [-0.1, -0.05) is 12.8 Å². The van der Waals surface area contributed by atoms with Crippen LogP contribution in [0.2, 0.25) is 0 Å². The number of aliphatic carboxylic acids is 1. The fraction of sp³-hybridized carbons (Fsp3) is 0.471. The molecule has 7 heteroatoms. The van der Waals surface area contributed by atoms with Gasteiger partial charge in [-0.25, -0.2) is 5.43 Å². The molecule has 1 amide bonds. The van der Waals surface area contributed by atoms with Crippen LogP contribution in [0, 0.1) is 0 Å². The Balaban J connectivity index is 2.16. The van der Waals surface area contributed by atoms with Crippen molar-refractivity contribution in [2.75, 3.05) is 13.2 Å². The molecule has 0 aliphatic heterocycles. The van der Waals surface area contributed by atoms with Crippen molar-refractivity contribution in [1.29, 1.82) is 0 Å². The molecule has 0 fully saturated rings. The zero-order chi connectivity index (χ0) is 17.6. The van der Waals surface area contributed by atoms with Gasteiger partial charge in [-0.15, -0.1) is 0 Å². The fourth-order valence-electron chi connectivity index (χ4n) is 1.96. The van der Waals surface area contributed by atoms with Gasteiger partial charge >= 0.3 is 5.97 Å². The number of ether oxygens (including phenoxy) is 1. The fourth-order valence-corrected chi connectivity index (χ4v) is 1.96. The summed E-state index contributed by atoms with van der Waals surface area (Å²) in [4.78, 5) is 21.9. The number of hydrogen-bond donors (Lipinski definition) is 3. The Morgan fingerprint density at radius 2 is 1.75 bits per heavy atom. The second kappa shape index (κ2) is 12.1. The predicted octanol–water partition coefficient (Wildman–Crippen LogP) is 1.93. The van der Waals surface area contributed by atoms with Crippen molar-refractivity contribution < 1.29 is 24.5 Å². The Kier molecular flexibility index (Phi) is 9.87. The number of carboxylic acid groups (broad SMARTS) is 1. The molecule has 24 heavy (non-hydrogen) atoms. The lowest BCUT2D eigenvalue weighted by atomic mass is 10.1. The van der Waals surface area contributed by atoms with Crippen LogP contribution < -0.4 is 10.2 Å². The Labute approximate surface area is 141 Å². The van der Waals surface area contributed by atoms with Gasteiger partial charge in [-0.3, -0.25) is 9.59 Å². The Hall–Kier alpha value is -2.41. The molecule has 0 saturated carbocycles. The lowest BCUT2D eigenvalue weighted by molar-refractivity contribution is -0.137. The average Bonchev–Trinajstić information content (AvgIpc) is 2.57. The average molecular weight is 336 g/mol. The van der Waals surface area contributed by atoms with E-state index in [-0.39, 0.29) is 25.5 Å². The SMILES string of the molecule is O=C(O)CCCCCCC(=O)N/N=C/c1ccc(OCCO)cc1. The van der Waals surface area contributed by atoms with Crippen LogP contribution >= 0.6 is 0 Å². The number of nitrogens with one attached hydrogen (secondary N) is 1. The summed E-state index contributed by atoms with van der Waals surface area (Å²) in [6.45, 7) is 0.217. The lowest BCUT2D eigenvalue weighted by Crippen LogP contribution is -2.16. The van der Waals surface area contributed by atoms with Crippen molar-refractivity contribution in [2.24, 2.45) is 5.10 Å². The van der Waals surface area contributed by atoms with Crippen molar-refractivity contribution in [1.82, 2.24) is 5.43 Å². The Bertz CT molecular complexity index is 528. The first-order valence-corrected chi connectivity index (χ1v) is 7.99. The third-order valence-corrected chi connectivity index (χ3v) is 3.19. The number of carbonyl (C=O) groups is 2. The smallest absolute Gasteiger partial charge is 0.303 e. The maximum atomic E-state index is 11.6. The van der Waals surface area contributed by atoms with Crippen molar-refractivity contribution in [3.8, 4) is 5.75 Å². The predicted molar refractivity (Wildman–Crippen MR) is 90.1 cm³/mol. The number of hydrogen-bond acceptors (Lipinski definition) is 5. The maximum Gasteiger partial charge on any atom is 0.303 e. The number of amides is 1. The topological polar surface area (TPSA) is 108 Å². The zero-order valence-electron chi connectivity index (χ0n) is 13.6. The third-order valence-electron chi connectivity index (χ3n) is 3.19. The van der Waals surface area contributed by atoms with Crippen LogP contribution in [0.1, 0.15) is 44.1 Å². The standard InChI is InChI=1S/C17H24N2O5/c20-11-12-24-15-9-7-14(8-10-15)13-18-19-16(21)5-3-1-2-4-6-17(22)23/h7-10,13,20H,1-6,11-12H2,(H,19,21)(H,22,23)/b18-13+. The van der Waals surface area contributed by atoms with Gasteiger partial charge in [-0.05, 0) is 42.7 Å². The van der Waals surface area contributed by atoms with Gasteiger partial charge in [0.25, 0.3) is 0 Å². The molecule has 0 heterocycles. The molecule has 1 aromatic rings. The van der Waals surface area contributed by atoms with Crippen LogP contribution in [0.4, 0.5) is 0 Å². The van der Waals surface area contributed by atoms with E-state index >= 15 is 0 Å². The number of rotatable bonds is 12. The molecule has 132 valence electrons. The number of aliphatic hydroxyl groups is 1. The molecule has 0 aliphatic carbocycles. The van der Waals surface area contributed by atoms with Gasteiger partial charge in [0.05, 0.1) is 12.8 Å². The normalized spacial score (nSPS) is 10.7. The quantitative estimate of drug-likeness (QED) is 0.307. The Morgan fingerprint density at radius 1 is 1.08 bits per heavy atom. The van der Waals surface area contributed by atoms with Crippen molar-refractivity contribution in [2.45, 2.75) is 38.5 Å². The monoisotopic (exact) mass is 336 g/mol. The summed E-state index contributed by atoms with van der Waals surface area (Å²) in [5, 5.41) is 21.1. The molecular formula is C17H24N2O5. The summed E-state index contributed by atoms with van der Waals surface area (Å²) in [5.41, 5.74) is 3.28. The largest absolute Gasteiger partial charge is 0.491 e. The third kappa shape index (κ3) is 9.58. The molecule has 0 radical (unpaired) electrons. The first-order chi connectivity index (χ1) is 11.6. The van der Waals surface area contributed by atoms with Gasteiger partial charge in [0.1, 0.15) is 12.4 Å². The van der Waals surface area contributed by atoms with Crippen LogP contribution in [0.5, 0.6) is 5.75 Å². The molecule has 1 rings (SSSR count). The van der Waals surface area contributed by atoms with E-state index in [4.69, 9.17) is 14.9 Å². The van der Waals surface area contributed by atoms with Crippen LogP contribution in [0.15, 0.2) is 29.4 Å². The van der Waals surface area contributed by atoms with Gasteiger partial charge in [0.15, 0.2) is 0 Å². The minimum absolute atomic E-state index is 0.0329. The highest BCUT2D eigenvalue weighted by atomic mass is 16.5. The first kappa shape index (κ1) is 19.6. The minimum Gasteiger partial charge on any atom is -0.491 e. The zero-order valence-corrected chi connectivity index (χ0v) is 13.6. The van der Waals surface area contributed by atoms with Gasteiger partial charge < -0.3 is 14.9 Å². The lowest BCUT2D eigenvalue weighted by Gasteiger charge is -2.03. The number of nitrogens with zero attached hydrogens (tertiary/aromatic N) is 1. The van der Waals surface area contributed by atoms with Crippen LogP contribution in [-0.2, 0) is 9.59 Å². The number of carboxylic acids is 1. The summed E-state index contributed by atoms with van der Waals surface area (Å²) in [6, 6.07) is 7.11. The second-order valence-electron chi connectivity index (χ2n) is 5.24. The molecule has 0 atom stereocenters. The van der Waals surface area contributed by atoms with Gasteiger partial charge in [-0.2, -0.15) is 5.10 Å². The summed E-state index contributed by atoms with van der Waals surface area (Å²) in [6.07, 6.45) is 5.11.